The predicted octanol–water partition coefficient (Wildman–Crippen LogP) is -2.14. The van der Waals surface area contributed by atoms with Gasteiger partial charge in [0.25, 0.3) is 0 Å². The number of nitrogens with zero attached hydrogens (tertiary/aromatic N) is 1. The molecule has 0 atom stereocenters. The second-order valence-electron chi connectivity index (χ2n) is 1.04. The number of rotatable bonds is 0. The van der Waals surface area contributed by atoms with Crippen molar-refractivity contribution in [2.24, 2.45) is 5.34 Å². The van der Waals surface area contributed by atoms with Crippen molar-refractivity contribution in [2.75, 3.05) is 0 Å². The molecule has 6 N–H and O–H groups in total. The molecular formula is H6MoNO10P. The Morgan fingerprint density at radius 2 is 1.08 bits per heavy atom. The van der Waals surface area contributed by atoms with Gasteiger partial charge in [-0.1, -0.05) is 0 Å². The van der Waals surface area contributed by atoms with Crippen molar-refractivity contribution < 1.29 is 55.5 Å². The second kappa shape index (κ2) is 8.32. The molecule has 0 fully saturated rings. The summed E-state index contributed by atoms with van der Waals surface area (Å²) in [6.07, 6.45) is 0. The Morgan fingerprint density at radius 1 is 1.08 bits per heavy atom. The van der Waals surface area contributed by atoms with Gasteiger partial charge in [0.1, 0.15) is 0 Å². The van der Waals surface area contributed by atoms with Crippen LogP contribution in [0.25, 0.3) is 0 Å². The Morgan fingerprint density at radius 3 is 1.08 bits per heavy atom. The molecule has 0 aromatic rings. The Labute approximate surface area is 74.2 Å². The molecule has 0 saturated carbocycles. The molecule has 13 heteroatoms. The molecule has 0 heterocycles. The molecule has 0 saturated heterocycles. The van der Waals surface area contributed by atoms with E-state index in [0.29, 0.717) is 0 Å². The molecule has 0 aliphatic rings. The van der Waals surface area contributed by atoms with Crippen molar-refractivity contribution in [3.05, 3.63) is 4.91 Å². The van der Waals surface area contributed by atoms with Crippen LogP contribution in [0, 0.1) is 4.91 Å². The van der Waals surface area contributed by atoms with Gasteiger partial charge < -0.3 is 19.9 Å². The van der Waals surface area contributed by atoms with E-state index in [4.69, 9.17) is 43.7 Å². The summed E-state index contributed by atoms with van der Waals surface area (Å²) in [6.45, 7) is 0. The topological polar surface area (TPSA) is 202 Å². The Kier molecular flexibility index (Phi) is 11.8. The van der Waals surface area contributed by atoms with E-state index in [1.807, 2.05) is 0 Å². The van der Waals surface area contributed by atoms with Crippen LogP contribution in [-0.4, -0.2) is 27.4 Å². The summed E-state index contributed by atoms with van der Waals surface area (Å²) < 4.78 is 40.9. The SMILES string of the molecule is O=NO.O=P(O)(O)O.[O]=[Mo](=[O])([OH])[OH]. The van der Waals surface area contributed by atoms with E-state index in [1.54, 1.807) is 0 Å². The van der Waals surface area contributed by atoms with Gasteiger partial charge >= 0.3 is 38.9 Å². The molecule has 0 aliphatic carbocycles. The van der Waals surface area contributed by atoms with Gasteiger partial charge in [0, 0.05) is 0 Å². The zero-order valence-electron chi connectivity index (χ0n) is 5.62. The molecule has 0 bridgehead atoms. The van der Waals surface area contributed by atoms with Crippen LogP contribution in [0.15, 0.2) is 5.34 Å². The van der Waals surface area contributed by atoms with Crippen LogP contribution in [0.2, 0.25) is 0 Å². The first-order chi connectivity index (χ1) is 5.41. The van der Waals surface area contributed by atoms with Gasteiger partial charge in [-0.2, -0.15) is 0 Å². The van der Waals surface area contributed by atoms with Gasteiger partial charge in [0.2, 0.25) is 0 Å². The standard InChI is InChI=1S/Mo.HNO2.H3O4P.2H2O.2O/c;2-1-3;1-5(2,3)4;;;;/h;(H,2,3);(H3,1,2,3,4);2*1H2;;/q+2;;;;;;/p-2. The van der Waals surface area contributed by atoms with E-state index in [0.717, 1.165) is 0 Å². The Bertz CT molecular complexity index is 228. The van der Waals surface area contributed by atoms with Crippen molar-refractivity contribution in [1.29, 1.82) is 0 Å². The fourth-order valence-corrected chi connectivity index (χ4v) is 0. The van der Waals surface area contributed by atoms with Crippen molar-refractivity contribution in [3.63, 3.8) is 0 Å². The third kappa shape index (κ3) is 13900. The molecule has 0 aromatic carbocycles. The molecule has 0 unspecified atom stereocenters. The monoisotopic (exact) mass is 309 g/mol. The maximum atomic E-state index is 8.88. The summed E-state index contributed by atoms with van der Waals surface area (Å²) in [4.78, 5) is 29.7. The van der Waals surface area contributed by atoms with Gasteiger partial charge in [0.05, 0.1) is 0 Å². The molecule has 0 aromatic heterocycles. The van der Waals surface area contributed by atoms with Gasteiger partial charge in [-0.05, 0) is 0 Å². The van der Waals surface area contributed by atoms with Crippen molar-refractivity contribution in [1.82, 2.24) is 0 Å². The first kappa shape index (κ1) is 18.5. The summed E-state index contributed by atoms with van der Waals surface area (Å²) >= 11 is -5.52. The number of hydrogen-bond donors (Lipinski definition) is 6. The van der Waals surface area contributed by atoms with Crippen molar-refractivity contribution in [2.45, 2.75) is 0 Å². The fourth-order valence-electron chi connectivity index (χ4n) is 0. The van der Waals surface area contributed by atoms with Crippen LogP contribution in [0.4, 0.5) is 0 Å². The summed E-state index contributed by atoms with van der Waals surface area (Å²) in [5.41, 5.74) is 0. The van der Waals surface area contributed by atoms with Crippen molar-refractivity contribution >= 4 is 7.82 Å². The van der Waals surface area contributed by atoms with Crippen LogP contribution in [0.1, 0.15) is 0 Å². The summed E-state index contributed by atoms with van der Waals surface area (Å²) in [5, 5.41) is 7.89. The summed E-state index contributed by atoms with van der Waals surface area (Å²) in [6, 6.07) is 0. The molecule has 13 heavy (non-hydrogen) atoms. The van der Waals surface area contributed by atoms with Crippen LogP contribution in [0.3, 0.4) is 0 Å². The van der Waals surface area contributed by atoms with E-state index < -0.39 is 24.6 Å². The third-order valence-electron chi connectivity index (χ3n) is 0. The van der Waals surface area contributed by atoms with E-state index in [9.17, 15) is 0 Å². The van der Waals surface area contributed by atoms with E-state index in [2.05, 4.69) is 0 Å². The molecule has 0 aliphatic heterocycles. The molecule has 82 valence electrons. The first-order valence-corrected chi connectivity index (χ1v) is 6.86. The zero-order valence-corrected chi connectivity index (χ0v) is 8.52. The van der Waals surface area contributed by atoms with Crippen molar-refractivity contribution in [3.8, 4) is 0 Å². The first-order valence-electron chi connectivity index (χ1n) is 1.86. The van der Waals surface area contributed by atoms with Crippen LogP contribution in [-0.2, 0) is 28.1 Å². The Hall–Kier alpha value is -0.282. The van der Waals surface area contributed by atoms with Crippen LogP contribution < -0.4 is 0 Å². The molecule has 0 radical (unpaired) electrons. The van der Waals surface area contributed by atoms with Gasteiger partial charge in [-0.3, -0.25) is 0 Å². The average Bonchev–Trinajstić information content (AvgIpc) is 1.52. The molecule has 0 amide bonds. The van der Waals surface area contributed by atoms with E-state index >= 15 is 0 Å². The van der Waals surface area contributed by atoms with E-state index in [-0.39, 0.29) is 0 Å². The number of hydrogen-bond acceptors (Lipinski definition) is 5. The van der Waals surface area contributed by atoms with Crippen LogP contribution >= 0.6 is 7.82 Å². The average molecular weight is 307 g/mol. The predicted molar refractivity (Wildman–Crippen MR) is 27.7 cm³/mol. The molecular weight excluding hydrogens is 301 g/mol. The quantitative estimate of drug-likeness (QED) is 0.124. The van der Waals surface area contributed by atoms with Gasteiger partial charge in [-0.25, -0.2) is 4.57 Å². The minimum atomic E-state index is -5.52. The van der Waals surface area contributed by atoms with Crippen LogP contribution in [0.5, 0.6) is 0 Å². The number of phosphoric acid groups is 1. The van der Waals surface area contributed by atoms with E-state index in [1.165, 1.54) is 5.34 Å². The minimum absolute atomic E-state index is 1.25. The fraction of sp³-hybridized carbons (Fsp3) is 0. The Balaban J connectivity index is -0.000000120. The molecule has 0 spiro atoms. The zero-order chi connectivity index (χ0) is 11.7. The normalized spacial score (nSPS) is 9.92. The van der Waals surface area contributed by atoms with Gasteiger partial charge in [0.15, 0.2) is 5.34 Å². The maximum absolute atomic E-state index is 8.88. The molecule has 11 nitrogen and oxygen atoms in total. The van der Waals surface area contributed by atoms with Gasteiger partial charge in [-0.15, -0.1) is 4.91 Å². The molecule has 0 rings (SSSR count). The summed E-state index contributed by atoms with van der Waals surface area (Å²) in [5.74, 6) is 0. The third-order valence-corrected chi connectivity index (χ3v) is 0. The summed E-state index contributed by atoms with van der Waals surface area (Å²) in [7, 11) is -4.64. The second-order valence-corrected chi connectivity index (χ2v) is 4.27.